The SMILES string of the molecule is NC1(C(=O)O)CC(Sc2ccccc2)C2C1[C@@H]2C(=O)O. The van der Waals surface area contributed by atoms with E-state index in [2.05, 4.69) is 0 Å². The molecule has 2 saturated carbocycles. The minimum absolute atomic E-state index is 0.0513. The van der Waals surface area contributed by atoms with Crippen LogP contribution in [0.25, 0.3) is 0 Å². The van der Waals surface area contributed by atoms with Gasteiger partial charge in [-0.1, -0.05) is 18.2 Å². The van der Waals surface area contributed by atoms with Gasteiger partial charge in [0.1, 0.15) is 5.54 Å². The second kappa shape index (κ2) is 4.49. The van der Waals surface area contributed by atoms with Crippen LogP contribution < -0.4 is 5.73 Å². The van der Waals surface area contributed by atoms with E-state index < -0.39 is 29.3 Å². The maximum absolute atomic E-state index is 11.4. The molecule has 2 aliphatic rings. The number of benzene rings is 1. The molecule has 0 radical (unpaired) electrons. The van der Waals surface area contributed by atoms with Gasteiger partial charge < -0.3 is 15.9 Å². The molecule has 0 bridgehead atoms. The van der Waals surface area contributed by atoms with E-state index in [0.29, 0.717) is 6.42 Å². The van der Waals surface area contributed by atoms with Gasteiger partial charge in [-0.25, -0.2) is 0 Å². The topological polar surface area (TPSA) is 101 Å². The number of nitrogens with two attached hydrogens (primary N) is 1. The van der Waals surface area contributed by atoms with Crippen molar-refractivity contribution in [2.45, 2.75) is 22.1 Å². The van der Waals surface area contributed by atoms with E-state index in [1.54, 1.807) is 0 Å². The van der Waals surface area contributed by atoms with E-state index in [-0.39, 0.29) is 11.2 Å². The Morgan fingerprint density at radius 3 is 2.45 bits per heavy atom. The summed E-state index contributed by atoms with van der Waals surface area (Å²) in [5, 5.41) is 18.5. The van der Waals surface area contributed by atoms with Gasteiger partial charge in [0.15, 0.2) is 0 Å². The molecular weight excluding hydrogens is 278 g/mol. The van der Waals surface area contributed by atoms with Crippen molar-refractivity contribution in [3.63, 3.8) is 0 Å². The van der Waals surface area contributed by atoms with E-state index in [1.807, 2.05) is 30.3 Å². The molecule has 0 spiro atoms. The molecule has 6 heteroatoms. The first kappa shape index (κ1) is 13.5. The van der Waals surface area contributed by atoms with E-state index in [9.17, 15) is 19.8 Å². The van der Waals surface area contributed by atoms with Crippen molar-refractivity contribution >= 4 is 23.7 Å². The molecule has 1 aromatic carbocycles. The number of hydrogen-bond acceptors (Lipinski definition) is 4. The van der Waals surface area contributed by atoms with Crippen LogP contribution in [-0.4, -0.2) is 32.9 Å². The Labute approximate surface area is 120 Å². The predicted octanol–water partition coefficient (Wildman–Crippen LogP) is 1.28. The van der Waals surface area contributed by atoms with Crippen LogP contribution in [0, 0.1) is 17.8 Å². The van der Waals surface area contributed by atoms with Gasteiger partial charge in [0, 0.05) is 16.1 Å². The second-order valence-electron chi connectivity index (χ2n) is 5.49. The van der Waals surface area contributed by atoms with Crippen LogP contribution in [0.1, 0.15) is 6.42 Å². The highest BCUT2D eigenvalue weighted by atomic mass is 32.2. The van der Waals surface area contributed by atoms with Crippen molar-refractivity contribution in [1.29, 1.82) is 0 Å². The van der Waals surface area contributed by atoms with Gasteiger partial charge in [-0.2, -0.15) is 0 Å². The van der Waals surface area contributed by atoms with Crippen molar-refractivity contribution in [3.05, 3.63) is 30.3 Å². The molecule has 0 saturated heterocycles. The molecule has 3 rings (SSSR count). The fourth-order valence-electron chi connectivity index (χ4n) is 3.41. The zero-order valence-corrected chi connectivity index (χ0v) is 11.4. The number of hydrogen-bond donors (Lipinski definition) is 3. The summed E-state index contributed by atoms with van der Waals surface area (Å²) >= 11 is 1.54. The van der Waals surface area contributed by atoms with Crippen LogP contribution in [-0.2, 0) is 9.59 Å². The van der Waals surface area contributed by atoms with Crippen LogP contribution in [0.3, 0.4) is 0 Å². The minimum Gasteiger partial charge on any atom is -0.481 e. The number of carboxylic acid groups (broad SMARTS) is 2. The van der Waals surface area contributed by atoms with Gasteiger partial charge in [0.05, 0.1) is 5.92 Å². The number of carbonyl (C=O) groups is 2. The number of thioether (sulfide) groups is 1. The summed E-state index contributed by atoms with van der Waals surface area (Å²) in [4.78, 5) is 23.6. The first-order valence-electron chi connectivity index (χ1n) is 6.42. The third-order valence-corrected chi connectivity index (χ3v) is 5.68. The molecule has 1 aromatic rings. The lowest BCUT2D eigenvalue weighted by molar-refractivity contribution is -0.145. The molecule has 20 heavy (non-hydrogen) atoms. The highest BCUT2D eigenvalue weighted by Gasteiger charge is 2.73. The molecule has 2 aliphatic carbocycles. The molecule has 4 unspecified atom stereocenters. The maximum atomic E-state index is 11.4. The number of aliphatic carboxylic acids is 2. The first-order valence-corrected chi connectivity index (χ1v) is 7.30. The van der Waals surface area contributed by atoms with Gasteiger partial charge in [-0.15, -0.1) is 11.8 Å². The molecule has 0 amide bonds. The Balaban J connectivity index is 1.83. The molecule has 4 N–H and O–H groups in total. The van der Waals surface area contributed by atoms with Gasteiger partial charge in [-0.05, 0) is 24.5 Å². The third-order valence-electron chi connectivity index (χ3n) is 4.35. The Kier molecular flexibility index (Phi) is 3.02. The average Bonchev–Trinajstić information content (AvgIpc) is 3.08. The Morgan fingerprint density at radius 2 is 1.90 bits per heavy atom. The number of fused-ring (bicyclic) bond motifs is 1. The minimum atomic E-state index is -1.40. The fourth-order valence-corrected chi connectivity index (χ4v) is 4.93. The Hall–Kier alpha value is -1.53. The molecule has 0 aliphatic heterocycles. The van der Waals surface area contributed by atoms with Gasteiger partial charge >= 0.3 is 11.9 Å². The van der Waals surface area contributed by atoms with Crippen LogP contribution in [0.15, 0.2) is 35.2 Å². The quantitative estimate of drug-likeness (QED) is 0.773. The van der Waals surface area contributed by atoms with Crippen molar-refractivity contribution in [3.8, 4) is 0 Å². The van der Waals surface area contributed by atoms with Gasteiger partial charge in [0.2, 0.25) is 0 Å². The van der Waals surface area contributed by atoms with Gasteiger partial charge in [0.25, 0.3) is 0 Å². The first-order chi connectivity index (χ1) is 9.45. The summed E-state index contributed by atoms with van der Waals surface area (Å²) < 4.78 is 0. The van der Waals surface area contributed by atoms with Crippen LogP contribution in [0.5, 0.6) is 0 Å². The monoisotopic (exact) mass is 293 g/mol. The molecular formula is C14H15NO4S. The molecule has 0 heterocycles. The van der Waals surface area contributed by atoms with Crippen molar-refractivity contribution in [1.82, 2.24) is 0 Å². The van der Waals surface area contributed by atoms with Gasteiger partial charge in [-0.3, -0.25) is 9.59 Å². The normalized spacial score (nSPS) is 38.2. The van der Waals surface area contributed by atoms with Crippen molar-refractivity contribution in [2.24, 2.45) is 23.5 Å². The third kappa shape index (κ3) is 1.91. The smallest absolute Gasteiger partial charge is 0.324 e. The highest BCUT2D eigenvalue weighted by molar-refractivity contribution is 8.00. The molecule has 5 nitrogen and oxygen atoms in total. The summed E-state index contributed by atoms with van der Waals surface area (Å²) in [5.74, 6) is -3.23. The highest BCUT2D eigenvalue weighted by Crippen LogP contribution is 2.65. The molecule has 2 fully saturated rings. The lowest BCUT2D eigenvalue weighted by Crippen LogP contribution is -2.50. The summed E-state index contributed by atoms with van der Waals surface area (Å²) in [6.45, 7) is 0. The molecule has 0 aromatic heterocycles. The van der Waals surface area contributed by atoms with Crippen LogP contribution in [0.4, 0.5) is 0 Å². The summed E-state index contributed by atoms with van der Waals surface area (Å²) in [6, 6.07) is 9.60. The summed E-state index contributed by atoms with van der Waals surface area (Å²) in [6.07, 6.45) is 0.320. The average molecular weight is 293 g/mol. The lowest BCUT2D eigenvalue weighted by atomic mass is 9.91. The second-order valence-corrected chi connectivity index (χ2v) is 6.80. The van der Waals surface area contributed by atoms with E-state index >= 15 is 0 Å². The number of rotatable bonds is 4. The lowest BCUT2D eigenvalue weighted by Gasteiger charge is -2.24. The number of carboxylic acids is 2. The van der Waals surface area contributed by atoms with Crippen LogP contribution >= 0.6 is 11.8 Å². The Morgan fingerprint density at radius 1 is 1.25 bits per heavy atom. The summed E-state index contributed by atoms with van der Waals surface area (Å²) in [7, 11) is 0. The zero-order chi connectivity index (χ0) is 14.5. The van der Waals surface area contributed by atoms with Crippen molar-refractivity contribution < 1.29 is 19.8 Å². The zero-order valence-electron chi connectivity index (χ0n) is 10.6. The van der Waals surface area contributed by atoms with E-state index in [1.165, 1.54) is 11.8 Å². The maximum Gasteiger partial charge on any atom is 0.324 e. The summed E-state index contributed by atoms with van der Waals surface area (Å²) in [5.41, 5.74) is 4.58. The van der Waals surface area contributed by atoms with Crippen molar-refractivity contribution in [2.75, 3.05) is 0 Å². The predicted molar refractivity (Wildman–Crippen MR) is 73.4 cm³/mol. The largest absolute Gasteiger partial charge is 0.481 e. The fraction of sp³-hybridized carbons (Fsp3) is 0.429. The molecule has 5 atom stereocenters. The van der Waals surface area contributed by atoms with Crippen LogP contribution in [0.2, 0.25) is 0 Å². The standard InChI is InChI=1S/C14H15NO4S/c15-14(13(18)19)6-8(9-10(11(9)14)12(16)17)20-7-4-2-1-3-5-7/h1-5,8-11H,6,15H2,(H,16,17)(H,18,19)/t8?,9?,10-,11?,14?/m1/s1. The van der Waals surface area contributed by atoms with E-state index in [4.69, 9.17) is 5.73 Å². The van der Waals surface area contributed by atoms with E-state index in [0.717, 1.165) is 4.90 Å². The Bertz CT molecular complexity index is 564. The molecule has 106 valence electrons.